The highest BCUT2D eigenvalue weighted by molar-refractivity contribution is 7.92. The van der Waals surface area contributed by atoms with Gasteiger partial charge in [0.1, 0.15) is 0 Å². The Labute approximate surface area is 175 Å². The second kappa shape index (κ2) is 10.4. The van der Waals surface area contributed by atoms with E-state index in [4.69, 9.17) is 0 Å². The fourth-order valence-electron chi connectivity index (χ4n) is 3.27. The highest BCUT2D eigenvalue weighted by Gasteiger charge is 2.17. The van der Waals surface area contributed by atoms with Crippen molar-refractivity contribution in [2.45, 2.75) is 53.0 Å². The van der Waals surface area contributed by atoms with Crippen molar-refractivity contribution in [1.29, 1.82) is 0 Å². The van der Waals surface area contributed by atoms with E-state index in [1.165, 1.54) is 21.7 Å². The van der Waals surface area contributed by atoms with Crippen molar-refractivity contribution in [3.63, 3.8) is 0 Å². The molecule has 0 atom stereocenters. The van der Waals surface area contributed by atoms with Crippen molar-refractivity contribution in [2.75, 3.05) is 17.1 Å². The van der Waals surface area contributed by atoms with Crippen molar-refractivity contribution in [3.05, 3.63) is 64.7 Å². The van der Waals surface area contributed by atoms with E-state index in [0.717, 1.165) is 24.0 Å². The Kier molecular flexibility index (Phi) is 8.26. The molecule has 0 aromatic heterocycles. The van der Waals surface area contributed by atoms with Crippen molar-refractivity contribution >= 4 is 21.6 Å². The van der Waals surface area contributed by atoms with E-state index in [1.54, 1.807) is 12.1 Å². The van der Waals surface area contributed by atoms with Crippen molar-refractivity contribution < 1.29 is 13.2 Å². The highest BCUT2D eigenvalue weighted by atomic mass is 32.2. The molecular weight excluding hydrogens is 384 g/mol. The molecule has 0 bridgehead atoms. The molecule has 29 heavy (non-hydrogen) atoms. The first-order valence-electron chi connectivity index (χ1n) is 10.2. The summed E-state index contributed by atoms with van der Waals surface area (Å²) in [6.07, 6.45) is 3.83. The third-order valence-electron chi connectivity index (χ3n) is 5.02. The molecule has 0 fully saturated rings. The topological polar surface area (TPSA) is 66.5 Å². The number of aryl methyl sites for hydroxylation is 3. The summed E-state index contributed by atoms with van der Waals surface area (Å²) in [4.78, 5) is 12.3. The molecule has 6 heteroatoms. The highest BCUT2D eigenvalue weighted by Crippen LogP contribution is 2.19. The van der Waals surface area contributed by atoms with Crippen LogP contribution in [0.4, 0.5) is 5.69 Å². The van der Waals surface area contributed by atoms with Gasteiger partial charge in [0.05, 0.1) is 11.9 Å². The number of nitrogens with zero attached hydrogens (tertiary/aromatic N) is 1. The predicted octanol–water partition coefficient (Wildman–Crippen LogP) is 3.98. The van der Waals surface area contributed by atoms with Crippen LogP contribution in [0.1, 0.15) is 48.9 Å². The summed E-state index contributed by atoms with van der Waals surface area (Å²) in [6, 6.07) is 13.8. The summed E-state index contributed by atoms with van der Waals surface area (Å²) in [6.45, 7) is 6.96. The van der Waals surface area contributed by atoms with Gasteiger partial charge in [-0.3, -0.25) is 9.10 Å². The molecule has 0 saturated heterocycles. The molecular formula is C23H32N2O3S. The van der Waals surface area contributed by atoms with Crippen LogP contribution in [0.3, 0.4) is 0 Å². The van der Waals surface area contributed by atoms with Crippen LogP contribution in [0.25, 0.3) is 0 Å². The minimum absolute atomic E-state index is 0.0636. The monoisotopic (exact) mass is 416 g/mol. The number of benzene rings is 2. The molecule has 1 amide bonds. The normalized spacial score (nSPS) is 11.3. The van der Waals surface area contributed by atoms with Crippen LogP contribution in [0.15, 0.2) is 42.5 Å². The van der Waals surface area contributed by atoms with Gasteiger partial charge in [0.25, 0.3) is 0 Å². The van der Waals surface area contributed by atoms with E-state index in [1.807, 2.05) is 19.1 Å². The SMILES string of the molecule is CCc1ccc(CC)c(CNC(=O)CCCN(c2ccc(C)cc2)S(C)(=O)=O)c1. The third-order valence-corrected chi connectivity index (χ3v) is 6.22. The van der Waals surface area contributed by atoms with E-state index in [2.05, 4.69) is 37.4 Å². The van der Waals surface area contributed by atoms with Gasteiger partial charge in [0, 0.05) is 19.5 Å². The van der Waals surface area contributed by atoms with Crippen molar-refractivity contribution in [2.24, 2.45) is 0 Å². The molecule has 158 valence electrons. The number of sulfonamides is 1. The first-order valence-corrected chi connectivity index (χ1v) is 12.0. The molecule has 1 N–H and O–H groups in total. The molecule has 5 nitrogen and oxygen atoms in total. The summed E-state index contributed by atoms with van der Waals surface area (Å²) >= 11 is 0. The zero-order chi connectivity index (χ0) is 21.4. The van der Waals surface area contributed by atoms with Gasteiger partial charge >= 0.3 is 0 Å². The van der Waals surface area contributed by atoms with Crippen LogP contribution < -0.4 is 9.62 Å². The van der Waals surface area contributed by atoms with Gasteiger partial charge in [-0.25, -0.2) is 8.42 Å². The first kappa shape index (κ1) is 22.9. The van der Waals surface area contributed by atoms with Crippen molar-refractivity contribution in [3.8, 4) is 0 Å². The lowest BCUT2D eigenvalue weighted by molar-refractivity contribution is -0.121. The van der Waals surface area contributed by atoms with Crippen molar-refractivity contribution in [1.82, 2.24) is 5.32 Å². The Morgan fingerprint density at radius 3 is 2.28 bits per heavy atom. The molecule has 0 heterocycles. The summed E-state index contributed by atoms with van der Waals surface area (Å²) in [5.41, 5.74) is 5.35. The fourth-order valence-corrected chi connectivity index (χ4v) is 4.24. The van der Waals surface area contributed by atoms with Crippen LogP contribution in [0.2, 0.25) is 0 Å². The number of carbonyl (C=O) groups is 1. The molecule has 0 unspecified atom stereocenters. The van der Waals surface area contributed by atoms with Crippen LogP contribution in [-0.4, -0.2) is 27.1 Å². The number of rotatable bonds is 10. The van der Waals surface area contributed by atoms with E-state index in [0.29, 0.717) is 18.7 Å². The Hall–Kier alpha value is -2.34. The van der Waals surface area contributed by atoms with Gasteiger partial charge < -0.3 is 5.32 Å². The fraction of sp³-hybridized carbons (Fsp3) is 0.435. The van der Waals surface area contributed by atoms with Gasteiger partial charge in [0.2, 0.25) is 15.9 Å². The minimum atomic E-state index is -3.40. The lowest BCUT2D eigenvalue weighted by atomic mass is 10.0. The van der Waals surface area contributed by atoms with Crippen LogP contribution in [0, 0.1) is 6.92 Å². The van der Waals surface area contributed by atoms with Gasteiger partial charge in [-0.15, -0.1) is 0 Å². The zero-order valence-electron chi connectivity index (χ0n) is 17.9. The van der Waals surface area contributed by atoms with E-state index in [9.17, 15) is 13.2 Å². The Morgan fingerprint density at radius 2 is 1.69 bits per heavy atom. The van der Waals surface area contributed by atoms with Crippen LogP contribution in [0.5, 0.6) is 0 Å². The number of hydrogen-bond donors (Lipinski definition) is 1. The number of amides is 1. The van der Waals surface area contributed by atoms with Gasteiger partial charge in [-0.2, -0.15) is 0 Å². The maximum absolute atomic E-state index is 12.3. The van der Waals surface area contributed by atoms with E-state index >= 15 is 0 Å². The molecule has 0 saturated carbocycles. The van der Waals surface area contributed by atoms with Gasteiger partial charge in [-0.05, 0) is 55.0 Å². The summed E-state index contributed by atoms with van der Waals surface area (Å²) in [7, 11) is -3.40. The first-order chi connectivity index (χ1) is 13.7. The number of nitrogens with one attached hydrogen (secondary N) is 1. The standard InChI is InChI=1S/C23H32N2O3S/c1-5-19-11-12-20(6-2)21(16-19)17-24-23(26)8-7-15-25(29(4,27)28)22-13-9-18(3)10-14-22/h9-14,16H,5-8,15,17H2,1-4H3,(H,24,26). The minimum Gasteiger partial charge on any atom is -0.352 e. The second-order valence-electron chi connectivity index (χ2n) is 7.36. The molecule has 0 radical (unpaired) electrons. The molecule has 0 spiro atoms. The average molecular weight is 417 g/mol. The Bertz CT molecular complexity index is 922. The lowest BCUT2D eigenvalue weighted by Gasteiger charge is -2.22. The van der Waals surface area contributed by atoms with Crippen LogP contribution >= 0.6 is 0 Å². The largest absolute Gasteiger partial charge is 0.352 e. The molecule has 0 aliphatic rings. The lowest BCUT2D eigenvalue weighted by Crippen LogP contribution is -2.32. The average Bonchev–Trinajstić information content (AvgIpc) is 2.69. The Balaban J connectivity index is 1.92. The number of hydrogen-bond acceptors (Lipinski definition) is 3. The third kappa shape index (κ3) is 6.89. The maximum Gasteiger partial charge on any atom is 0.232 e. The van der Waals surface area contributed by atoms with Crippen LogP contribution in [-0.2, 0) is 34.2 Å². The van der Waals surface area contributed by atoms with Gasteiger partial charge in [-0.1, -0.05) is 49.7 Å². The zero-order valence-corrected chi connectivity index (χ0v) is 18.7. The quantitative estimate of drug-likeness (QED) is 0.637. The predicted molar refractivity (Wildman–Crippen MR) is 120 cm³/mol. The summed E-state index contributed by atoms with van der Waals surface area (Å²) in [5.74, 6) is -0.0636. The molecule has 0 aliphatic carbocycles. The van der Waals surface area contributed by atoms with Gasteiger partial charge in [0.15, 0.2) is 0 Å². The smallest absolute Gasteiger partial charge is 0.232 e. The second-order valence-corrected chi connectivity index (χ2v) is 9.27. The molecule has 0 aliphatic heterocycles. The number of carbonyl (C=O) groups excluding carboxylic acids is 1. The van der Waals surface area contributed by atoms with E-state index < -0.39 is 10.0 Å². The summed E-state index contributed by atoms with van der Waals surface area (Å²) in [5, 5.41) is 2.98. The molecule has 2 rings (SSSR count). The Morgan fingerprint density at radius 1 is 1.00 bits per heavy atom. The van der Waals surface area contributed by atoms with E-state index in [-0.39, 0.29) is 18.9 Å². The summed E-state index contributed by atoms with van der Waals surface area (Å²) < 4.78 is 25.7. The molecule has 2 aromatic carbocycles. The molecule has 2 aromatic rings. The number of anilines is 1. The maximum atomic E-state index is 12.3.